The summed E-state index contributed by atoms with van der Waals surface area (Å²) >= 11 is 0. The van der Waals surface area contributed by atoms with Crippen LogP contribution in [-0.2, 0) is 16.1 Å². The summed E-state index contributed by atoms with van der Waals surface area (Å²) in [5.74, 6) is 0.00261. The molecule has 1 aromatic carbocycles. The molecule has 0 bridgehead atoms. The number of carboxylic acid groups (broad SMARTS) is 1. The second-order valence-electron chi connectivity index (χ2n) is 7.46. The zero-order valence-corrected chi connectivity index (χ0v) is 14.9. The van der Waals surface area contributed by atoms with Crippen LogP contribution in [0.4, 0.5) is 4.79 Å². The van der Waals surface area contributed by atoms with Crippen molar-refractivity contribution in [1.82, 2.24) is 9.80 Å². The van der Waals surface area contributed by atoms with Crippen LogP contribution < -0.4 is 0 Å². The summed E-state index contributed by atoms with van der Waals surface area (Å²) in [6.45, 7) is 6.78. The van der Waals surface area contributed by atoms with Gasteiger partial charge < -0.3 is 19.6 Å². The number of carbonyl (C=O) groups excluding carboxylic acids is 1. The van der Waals surface area contributed by atoms with E-state index in [1.54, 1.807) is 0 Å². The number of nitrogens with zero attached hydrogens (tertiary/aromatic N) is 2. The van der Waals surface area contributed by atoms with Crippen molar-refractivity contribution in [3.05, 3.63) is 35.9 Å². The van der Waals surface area contributed by atoms with Gasteiger partial charge in [-0.3, -0.25) is 4.79 Å². The minimum atomic E-state index is -0.931. The van der Waals surface area contributed by atoms with Gasteiger partial charge in [-0.15, -0.1) is 0 Å². The van der Waals surface area contributed by atoms with Crippen LogP contribution in [0.15, 0.2) is 30.3 Å². The Balaban J connectivity index is 1.70. The average molecular weight is 346 g/mol. The average Bonchev–Trinajstić information content (AvgIpc) is 2.61. The van der Waals surface area contributed by atoms with Crippen LogP contribution >= 0.6 is 0 Å². The second-order valence-corrected chi connectivity index (χ2v) is 7.46. The van der Waals surface area contributed by atoms with Gasteiger partial charge in [0.15, 0.2) is 0 Å². The van der Waals surface area contributed by atoms with Gasteiger partial charge in [0.1, 0.15) is 0 Å². The Bertz CT molecular complexity index is 626. The number of benzene rings is 1. The lowest BCUT2D eigenvalue weighted by Gasteiger charge is -2.55. The summed E-state index contributed by atoms with van der Waals surface area (Å²) in [7, 11) is 0. The maximum absolute atomic E-state index is 12.8. The highest BCUT2D eigenvalue weighted by molar-refractivity contribution is 5.81. The van der Waals surface area contributed by atoms with E-state index < -0.39 is 6.09 Å². The van der Waals surface area contributed by atoms with E-state index in [4.69, 9.17) is 4.74 Å². The second kappa shape index (κ2) is 7.04. The first kappa shape index (κ1) is 17.7. The lowest BCUT2D eigenvalue weighted by atomic mass is 9.57. The van der Waals surface area contributed by atoms with Crippen LogP contribution in [0.25, 0.3) is 0 Å². The highest BCUT2D eigenvalue weighted by Crippen LogP contribution is 2.50. The van der Waals surface area contributed by atoms with E-state index in [1.807, 2.05) is 49.1 Å². The van der Waals surface area contributed by atoms with E-state index in [0.717, 1.165) is 5.56 Å². The monoisotopic (exact) mass is 346 g/mol. The Morgan fingerprint density at radius 2 is 1.88 bits per heavy atom. The minimum Gasteiger partial charge on any atom is -0.465 e. The molecule has 0 radical (unpaired) electrons. The molecule has 3 rings (SSSR count). The van der Waals surface area contributed by atoms with E-state index in [2.05, 4.69) is 0 Å². The first-order valence-corrected chi connectivity index (χ1v) is 8.81. The molecule has 6 heteroatoms. The Labute approximate surface area is 148 Å². The molecule has 0 unspecified atom stereocenters. The number of hydrogen-bond acceptors (Lipinski definition) is 3. The molecule has 1 heterocycles. The number of rotatable bonds is 4. The molecule has 25 heavy (non-hydrogen) atoms. The molecule has 2 fully saturated rings. The van der Waals surface area contributed by atoms with Gasteiger partial charge in [-0.2, -0.15) is 0 Å². The predicted octanol–water partition coefficient (Wildman–Crippen LogP) is 2.44. The van der Waals surface area contributed by atoms with Gasteiger partial charge >= 0.3 is 6.09 Å². The summed E-state index contributed by atoms with van der Waals surface area (Å²) in [5, 5.41) is 9.69. The Kier molecular flexibility index (Phi) is 4.99. The quantitative estimate of drug-likeness (QED) is 0.909. The lowest BCUT2D eigenvalue weighted by Crippen LogP contribution is -2.63. The summed E-state index contributed by atoms with van der Waals surface area (Å²) in [5.41, 5.74) is 0.589. The van der Waals surface area contributed by atoms with Gasteiger partial charge in [-0.25, -0.2) is 4.79 Å². The van der Waals surface area contributed by atoms with Gasteiger partial charge in [0.2, 0.25) is 5.91 Å². The van der Waals surface area contributed by atoms with Crippen molar-refractivity contribution < 1.29 is 19.4 Å². The fraction of sp³-hybridized carbons (Fsp3) is 0.579. The van der Waals surface area contributed by atoms with Crippen LogP contribution in [-0.4, -0.2) is 59.3 Å². The smallest absolute Gasteiger partial charge is 0.407 e. The Hall–Kier alpha value is -2.08. The molecule has 2 atom stereocenters. The topological polar surface area (TPSA) is 70.1 Å². The fourth-order valence-electron chi connectivity index (χ4n) is 3.95. The zero-order valence-electron chi connectivity index (χ0n) is 14.9. The molecule has 1 aliphatic carbocycles. The number of morpholine rings is 1. The first-order valence-electron chi connectivity index (χ1n) is 8.81. The number of ether oxygens (including phenoxy) is 1. The molecule has 2 amide bonds. The van der Waals surface area contributed by atoms with Crippen LogP contribution in [0.1, 0.15) is 25.8 Å². The molecule has 1 aromatic rings. The van der Waals surface area contributed by atoms with Crippen molar-refractivity contribution >= 4 is 12.0 Å². The van der Waals surface area contributed by atoms with Crippen molar-refractivity contribution in [3.8, 4) is 0 Å². The summed E-state index contributed by atoms with van der Waals surface area (Å²) < 4.78 is 5.31. The minimum absolute atomic E-state index is 0.131. The SMILES string of the molecule is CC1(C)[C@@H](N(Cc2ccccc2)C(=O)O)C[C@H]1C(=O)N1CCOCC1. The molecule has 2 aliphatic rings. The first-order chi connectivity index (χ1) is 11.9. The van der Waals surface area contributed by atoms with Crippen LogP contribution in [0.5, 0.6) is 0 Å². The largest absolute Gasteiger partial charge is 0.465 e. The molecule has 136 valence electrons. The molecular weight excluding hydrogens is 320 g/mol. The zero-order chi connectivity index (χ0) is 18.0. The van der Waals surface area contributed by atoms with Crippen molar-refractivity contribution in [3.63, 3.8) is 0 Å². The van der Waals surface area contributed by atoms with Crippen molar-refractivity contribution in [1.29, 1.82) is 0 Å². The third-order valence-electron chi connectivity index (χ3n) is 5.65. The summed E-state index contributed by atoms with van der Waals surface area (Å²) in [4.78, 5) is 28.0. The van der Waals surface area contributed by atoms with Crippen LogP contribution in [0, 0.1) is 11.3 Å². The standard InChI is InChI=1S/C19H26N2O4/c1-19(2)15(17(22)20-8-10-25-11-9-20)12-16(19)21(18(23)24)13-14-6-4-3-5-7-14/h3-7,15-16H,8-13H2,1-2H3,(H,23,24)/t15-,16-/m0/s1. The van der Waals surface area contributed by atoms with Crippen LogP contribution in [0.2, 0.25) is 0 Å². The number of amides is 2. The number of hydrogen-bond donors (Lipinski definition) is 1. The molecule has 1 saturated carbocycles. The van der Waals surface area contributed by atoms with Gasteiger partial charge in [-0.1, -0.05) is 44.2 Å². The van der Waals surface area contributed by atoms with E-state index in [1.165, 1.54) is 4.90 Å². The molecular formula is C19H26N2O4. The van der Waals surface area contributed by atoms with E-state index in [-0.39, 0.29) is 23.3 Å². The van der Waals surface area contributed by atoms with Crippen LogP contribution in [0.3, 0.4) is 0 Å². The highest BCUT2D eigenvalue weighted by Gasteiger charge is 2.56. The van der Waals surface area contributed by atoms with Crippen molar-refractivity contribution in [2.24, 2.45) is 11.3 Å². The predicted molar refractivity (Wildman–Crippen MR) is 93.1 cm³/mol. The Morgan fingerprint density at radius 3 is 2.44 bits per heavy atom. The van der Waals surface area contributed by atoms with Crippen molar-refractivity contribution in [2.75, 3.05) is 26.3 Å². The van der Waals surface area contributed by atoms with Gasteiger partial charge in [0.25, 0.3) is 0 Å². The van der Waals surface area contributed by atoms with Crippen molar-refractivity contribution in [2.45, 2.75) is 32.9 Å². The van der Waals surface area contributed by atoms with Gasteiger partial charge in [0.05, 0.1) is 13.2 Å². The summed E-state index contributed by atoms with van der Waals surface area (Å²) in [6.07, 6.45) is -0.346. The van der Waals surface area contributed by atoms with E-state index in [0.29, 0.717) is 39.3 Å². The molecule has 1 saturated heterocycles. The third kappa shape index (κ3) is 3.49. The van der Waals surface area contributed by atoms with E-state index >= 15 is 0 Å². The highest BCUT2D eigenvalue weighted by atomic mass is 16.5. The number of carbonyl (C=O) groups is 2. The maximum Gasteiger partial charge on any atom is 0.407 e. The molecule has 0 aromatic heterocycles. The fourth-order valence-corrected chi connectivity index (χ4v) is 3.95. The Morgan fingerprint density at radius 1 is 1.24 bits per heavy atom. The third-order valence-corrected chi connectivity index (χ3v) is 5.65. The normalized spacial score (nSPS) is 25.1. The molecule has 6 nitrogen and oxygen atoms in total. The molecule has 0 spiro atoms. The summed E-state index contributed by atoms with van der Waals surface area (Å²) in [6, 6.07) is 9.44. The maximum atomic E-state index is 12.8. The van der Waals surface area contributed by atoms with E-state index in [9.17, 15) is 14.7 Å². The van der Waals surface area contributed by atoms with Gasteiger partial charge in [-0.05, 0) is 17.4 Å². The molecule has 1 aliphatic heterocycles. The molecule has 1 N–H and O–H groups in total. The lowest BCUT2D eigenvalue weighted by molar-refractivity contribution is -0.157. The van der Waals surface area contributed by atoms with Gasteiger partial charge in [0, 0.05) is 31.6 Å².